The molecular formula is C18H38O4Si. The number of hydrogen-bond acceptors (Lipinski definition) is 4. The highest BCUT2D eigenvalue weighted by molar-refractivity contribution is 6.60. The zero-order valence-electron chi connectivity index (χ0n) is 15.8. The molecule has 0 aliphatic rings. The number of rotatable bonds is 17. The minimum absolute atomic E-state index is 0.663. The van der Waals surface area contributed by atoms with Gasteiger partial charge in [0.1, 0.15) is 0 Å². The van der Waals surface area contributed by atoms with E-state index < -0.39 is 8.80 Å². The van der Waals surface area contributed by atoms with Crippen LogP contribution < -0.4 is 0 Å². The molecule has 23 heavy (non-hydrogen) atoms. The average molecular weight is 347 g/mol. The summed E-state index contributed by atoms with van der Waals surface area (Å²) in [7, 11) is -2.42. The van der Waals surface area contributed by atoms with Crippen LogP contribution in [0.15, 0.2) is 12.2 Å². The lowest BCUT2D eigenvalue weighted by Gasteiger charge is -2.28. The third kappa shape index (κ3) is 12.8. The summed E-state index contributed by atoms with van der Waals surface area (Å²) in [5, 5.41) is 0. The molecule has 0 saturated heterocycles. The van der Waals surface area contributed by atoms with Crippen molar-refractivity contribution in [3.05, 3.63) is 12.2 Å². The lowest BCUT2D eigenvalue weighted by molar-refractivity contribution is 0.0706. The van der Waals surface area contributed by atoms with Crippen molar-refractivity contribution in [2.45, 2.75) is 72.3 Å². The Morgan fingerprint density at radius 1 is 0.783 bits per heavy atom. The molecule has 138 valence electrons. The van der Waals surface area contributed by atoms with E-state index in [1.54, 1.807) is 0 Å². The van der Waals surface area contributed by atoms with Crippen LogP contribution in [0.2, 0.25) is 6.04 Å². The summed E-state index contributed by atoms with van der Waals surface area (Å²) in [4.78, 5) is 0. The predicted octanol–water partition coefficient (Wildman–Crippen LogP) is 4.97. The standard InChI is InChI=1S/C18H38O4Si/c1-6-20-23(21-7-2,22-8-3)16-14-12-10-9-11-13-15-19-17-18(4)5/h4,6-17H2,1-3,5H3. The summed E-state index contributed by atoms with van der Waals surface area (Å²) in [5.41, 5.74) is 1.09. The van der Waals surface area contributed by atoms with Crippen molar-refractivity contribution < 1.29 is 18.0 Å². The lowest BCUT2D eigenvalue weighted by atomic mass is 10.1. The van der Waals surface area contributed by atoms with E-state index in [1.165, 1.54) is 25.7 Å². The Morgan fingerprint density at radius 3 is 1.74 bits per heavy atom. The molecule has 0 unspecified atom stereocenters. The average Bonchev–Trinajstić information content (AvgIpc) is 2.49. The first-order valence-corrected chi connectivity index (χ1v) is 11.2. The molecule has 0 aliphatic carbocycles. The van der Waals surface area contributed by atoms with Gasteiger partial charge in [0.15, 0.2) is 0 Å². The van der Waals surface area contributed by atoms with Crippen LogP contribution in [-0.2, 0) is 18.0 Å². The van der Waals surface area contributed by atoms with Gasteiger partial charge in [-0.2, -0.15) is 0 Å². The van der Waals surface area contributed by atoms with Gasteiger partial charge in [-0.15, -0.1) is 0 Å². The second kappa shape index (κ2) is 15.3. The highest BCUT2D eigenvalue weighted by atomic mass is 28.4. The molecular weight excluding hydrogens is 308 g/mol. The van der Waals surface area contributed by atoms with Crippen LogP contribution in [0.5, 0.6) is 0 Å². The lowest BCUT2D eigenvalue weighted by Crippen LogP contribution is -2.45. The third-order valence-corrected chi connectivity index (χ3v) is 6.61. The summed E-state index contributed by atoms with van der Waals surface area (Å²) in [5.74, 6) is 0. The molecule has 4 nitrogen and oxygen atoms in total. The number of ether oxygens (including phenoxy) is 1. The molecule has 0 aromatic heterocycles. The smallest absolute Gasteiger partial charge is 0.377 e. The monoisotopic (exact) mass is 346 g/mol. The summed E-state index contributed by atoms with van der Waals surface area (Å²) in [6.07, 6.45) is 7.25. The quantitative estimate of drug-likeness (QED) is 0.212. The summed E-state index contributed by atoms with van der Waals surface area (Å²) in [6.45, 7) is 15.4. The van der Waals surface area contributed by atoms with Gasteiger partial charge in [0.25, 0.3) is 0 Å². The van der Waals surface area contributed by atoms with Crippen LogP contribution in [-0.4, -0.2) is 41.8 Å². The largest absolute Gasteiger partial charge is 0.500 e. The van der Waals surface area contributed by atoms with E-state index in [0.29, 0.717) is 26.4 Å². The van der Waals surface area contributed by atoms with E-state index in [9.17, 15) is 0 Å². The van der Waals surface area contributed by atoms with Crippen LogP contribution in [0.4, 0.5) is 0 Å². The first-order chi connectivity index (χ1) is 11.1. The fourth-order valence-electron chi connectivity index (χ4n) is 2.50. The normalized spacial score (nSPS) is 11.8. The van der Waals surface area contributed by atoms with Gasteiger partial charge in [-0.25, -0.2) is 0 Å². The van der Waals surface area contributed by atoms with Gasteiger partial charge in [0, 0.05) is 32.5 Å². The van der Waals surface area contributed by atoms with Crippen molar-refractivity contribution in [1.82, 2.24) is 0 Å². The van der Waals surface area contributed by atoms with Crippen molar-refractivity contribution in [3.8, 4) is 0 Å². The summed E-state index contributed by atoms with van der Waals surface area (Å²) < 4.78 is 23.1. The van der Waals surface area contributed by atoms with Crippen molar-refractivity contribution in [2.75, 3.05) is 33.0 Å². The maximum absolute atomic E-state index is 5.87. The number of unbranched alkanes of at least 4 members (excludes halogenated alkanes) is 5. The highest BCUT2D eigenvalue weighted by Crippen LogP contribution is 2.20. The summed E-state index contributed by atoms with van der Waals surface area (Å²) in [6, 6.07) is 0.935. The van der Waals surface area contributed by atoms with Crippen molar-refractivity contribution >= 4 is 8.80 Å². The molecule has 0 atom stereocenters. The van der Waals surface area contributed by atoms with Crippen LogP contribution >= 0.6 is 0 Å². The van der Waals surface area contributed by atoms with Gasteiger partial charge in [-0.1, -0.05) is 37.8 Å². The maximum atomic E-state index is 5.87. The Hall–Kier alpha value is -0.203. The number of hydrogen-bond donors (Lipinski definition) is 0. The SMILES string of the molecule is C=C(C)COCCCCCCCC[Si](OCC)(OCC)OCC. The minimum atomic E-state index is -2.42. The Morgan fingerprint density at radius 2 is 1.26 bits per heavy atom. The molecule has 0 amide bonds. The molecule has 0 rings (SSSR count). The van der Waals surface area contributed by atoms with E-state index in [0.717, 1.165) is 31.1 Å². The zero-order chi connectivity index (χ0) is 17.4. The molecule has 0 bridgehead atoms. The molecule has 0 aromatic carbocycles. The van der Waals surface area contributed by atoms with E-state index in [-0.39, 0.29) is 0 Å². The molecule has 0 radical (unpaired) electrons. The zero-order valence-corrected chi connectivity index (χ0v) is 16.8. The molecule has 0 saturated carbocycles. The Balaban J connectivity index is 3.71. The predicted molar refractivity (Wildman–Crippen MR) is 98.8 cm³/mol. The molecule has 5 heteroatoms. The second-order valence-electron chi connectivity index (χ2n) is 5.86. The van der Waals surface area contributed by atoms with Crippen LogP contribution in [0.3, 0.4) is 0 Å². The van der Waals surface area contributed by atoms with Gasteiger partial charge in [0.05, 0.1) is 6.61 Å². The highest BCUT2D eigenvalue weighted by Gasteiger charge is 2.39. The molecule has 0 aliphatic heterocycles. The van der Waals surface area contributed by atoms with Crippen LogP contribution in [0, 0.1) is 0 Å². The first kappa shape index (κ1) is 22.8. The Labute approximate surface area is 144 Å². The van der Waals surface area contributed by atoms with E-state index in [4.69, 9.17) is 18.0 Å². The van der Waals surface area contributed by atoms with E-state index in [1.807, 2.05) is 27.7 Å². The summed E-state index contributed by atoms with van der Waals surface area (Å²) >= 11 is 0. The Kier molecular flexibility index (Phi) is 15.2. The van der Waals surface area contributed by atoms with Gasteiger partial charge < -0.3 is 18.0 Å². The minimum Gasteiger partial charge on any atom is -0.377 e. The van der Waals surface area contributed by atoms with Crippen molar-refractivity contribution in [1.29, 1.82) is 0 Å². The van der Waals surface area contributed by atoms with Gasteiger partial charge in [-0.3, -0.25) is 0 Å². The maximum Gasteiger partial charge on any atom is 0.500 e. The van der Waals surface area contributed by atoms with E-state index >= 15 is 0 Å². The van der Waals surface area contributed by atoms with Crippen molar-refractivity contribution in [2.24, 2.45) is 0 Å². The second-order valence-corrected chi connectivity index (χ2v) is 8.60. The van der Waals surface area contributed by atoms with Gasteiger partial charge in [0.2, 0.25) is 0 Å². The molecule has 0 N–H and O–H groups in total. The Bertz CT molecular complexity index is 267. The van der Waals surface area contributed by atoms with Crippen molar-refractivity contribution in [3.63, 3.8) is 0 Å². The van der Waals surface area contributed by atoms with Crippen LogP contribution in [0.25, 0.3) is 0 Å². The molecule has 0 heterocycles. The molecule has 0 spiro atoms. The molecule has 0 fully saturated rings. The fraction of sp³-hybridized carbons (Fsp3) is 0.889. The van der Waals surface area contributed by atoms with E-state index in [2.05, 4.69) is 6.58 Å². The first-order valence-electron chi connectivity index (χ1n) is 9.24. The van der Waals surface area contributed by atoms with Gasteiger partial charge in [-0.05, 0) is 40.5 Å². The molecule has 0 aromatic rings. The van der Waals surface area contributed by atoms with Gasteiger partial charge >= 0.3 is 8.80 Å². The third-order valence-electron chi connectivity index (χ3n) is 3.46. The van der Waals surface area contributed by atoms with Crippen LogP contribution in [0.1, 0.15) is 66.2 Å². The fourth-order valence-corrected chi connectivity index (χ4v) is 5.19. The topological polar surface area (TPSA) is 36.9 Å².